The van der Waals surface area contributed by atoms with Crippen molar-refractivity contribution >= 4 is 35.1 Å². The molecule has 2 bridgehead atoms. The largest absolute Gasteiger partial charge is 0.481 e. The predicted molar refractivity (Wildman–Crippen MR) is 146 cm³/mol. The number of likely N-dealkylation sites (tertiary alicyclic amines) is 1. The van der Waals surface area contributed by atoms with Gasteiger partial charge in [0.1, 0.15) is 17.6 Å². The molecule has 1 spiro atoms. The Morgan fingerprint density at radius 1 is 1.21 bits per heavy atom. The number of aliphatic hydroxyl groups excluding tert-OH is 1. The number of aliphatic hydroxyl groups is 1. The second kappa shape index (κ2) is 10.4. The molecule has 3 saturated heterocycles. The van der Waals surface area contributed by atoms with Crippen LogP contribution in [0.15, 0.2) is 67.3 Å². The van der Waals surface area contributed by atoms with Gasteiger partial charge in [0.25, 0.3) is 5.91 Å². The van der Waals surface area contributed by atoms with E-state index in [0.717, 1.165) is 5.56 Å². The molecule has 6 atom stereocenters. The minimum absolute atomic E-state index is 0.156. The quantitative estimate of drug-likeness (QED) is 0.435. The van der Waals surface area contributed by atoms with Crippen LogP contribution in [0.4, 0.5) is 5.69 Å². The topological polar surface area (TPSA) is 107 Å². The minimum atomic E-state index is -1.32. The van der Waals surface area contributed by atoms with Crippen LogP contribution in [-0.2, 0) is 25.5 Å². The molecule has 39 heavy (non-hydrogen) atoms. The van der Waals surface area contributed by atoms with Crippen LogP contribution in [0.25, 0.3) is 0 Å². The number of hydrogen-bond acceptors (Lipinski definition) is 5. The molecule has 3 heterocycles. The van der Waals surface area contributed by atoms with Gasteiger partial charge in [-0.3, -0.25) is 14.4 Å². The predicted octanol–water partition coefficient (Wildman–Crippen LogP) is 3.70. The number of fused-ring (bicyclic) bond motifs is 1. The molecule has 5 rings (SSSR count). The number of ether oxygens (including phenoxy) is 1. The summed E-state index contributed by atoms with van der Waals surface area (Å²) < 4.78 is 6.64. The highest BCUT2D eigenvalue weighted by Crippen LogP contribution is 2.64. The molecule has 2 aromatic carbocycles. The Morgan fingerprint density at radius 3 is 2.49 bits per heavy atom. The standard InChI is InChI=1S/C30H33ClN2O6/c1-3-16-32(21-12-10-20(31)11-13-21)27(36)25-30-15-14-29(4-2,39-30)24(28(37)38)23(30)26(35)33(25)22(18-34)17-19-8-6-5-7-9-19/h3,5-13,22-25,34H,1,4,14-18H2,2H3,(H,37,38)/t22-,23+,24+,25?,29-,30?/m1/s1. The number of carboxylic acids is 1. The van der Waals surface area contributed by atoms with E-state index in [4.69, 9.17) is 16.3 Å². The van der Waals surface area contributed by atoms with Crippen molar-refractivity contribution in [2.24, 2.45) is 11.8 Å². The average Bonchev–Trinajstić information content (AvgIpc) is 3.55. The number of aliphatic carboxylic acids is 1. The van der Waals surface area contributed by atoms with Gasteiger partial charge in [0.15, 0.2) is 0 Å². The lowest BCUT2D eigenvalue weighted by Gasteiger charge is -2.39. The first-order chi connectivity index (χ1) is 18.7. The molecule has 0 radical (unpaired) electrons. The third-order valence-corrected chi connectivity index (χ3v) is 9.01. The molecule has 0 aromatic heterocycles. The Kier molecular flexibility index (Phi) is 7.31. The average molecular weight is 553 g/mol. The van der Waals surface area contributed by atoms with E-state index in [1.54, 1.807) is 30.3 Å². The molecular formula is C30H33ClN2O6. The van der Waals surface area contributed by atoms with Crippen molar-refractivity contribution < 1.29 is 29.3 Å². The summed E-state index contributed by atoms with van der Waals surface area (Å²) in [5.41, 5.74) is -0.888. The molecule has 2 aromatic rings. The fourth-order valence-corrected chi connectivity index (χ4v) is 7.19. The lowest BCUT2D eigenvalue weighted by molar-refractivity contribution is -0.157. The number of amides is 2. The zero-order valence-electron chi connectivity index (χ0n) is 21.8. The molecule has 2 unspecified atom stereocenters. The fourth-order valence-electron chi connectivity index (χ4n) is 7.06. The van der Waals surface area contributed by atoms with Crippen molar-refractivity contribution in [3.8, 4) is 0 Å². The number of carboxylic acid groups (broad SMARTS) is 1. The Balaban J connectivity index is 1.64. The first kappa shape index (κ1) is 27.4. The van der Waals surface area contributed by atoms with E-state index in [1.807, 2.05) is 37.3 Å². The van der Waals surface area contributed by atoms with Crippen LogP contribution in [0, 0.1) is 11.8 Å². The Morgan fingerprint density at radius 2 is 1.90 bits per heavy atom. The molecular weight excluding hydrogens is 520 g/mol. The summed E-state index contributed by atoms with van der Waals surface area (Å²) in [7, 11) is 0. The van der Waals surface area contributed by atoms with Crippen LogP contribution in [0.5, 0.6) is 0 Å². The molecule has 206 valence electrons. The van der Waals surface area contributed by atoms with Crippen molar-refractivity contribution in [3.63, 3.8) is 0 Å². The third kappa shape index (κ3) is 4.26. The molecule has 3 fully saturated rings. The van der Waals surface area contributed by atoms with Crippen LogP contribution in [-0.4, -0.2) is 69.3 Å². The van der Waals surface area contributed by atoms with Gasteiger partial charge in [0, 0.05) is 17.3 Å². The fraction of sp³-hybridized carbons (Fsp3) is 0.433. The van der Waals surface area contributed by atoms with Gasteiger partial charge in [-0.15, -0.1) is 6.58 Å². The molecule has 0 aliphatic carbocycles. The minimum Gasteiger partial charge on any atom is -0.481 e. The van der Waals surface area contributed by atoms with E-state index >= 15 is 0 Å². The monoisotopic (exact) mass is 552 g/mol. The zero-order valence-corrected chi connectivity index (χ0v) is 22.6. The molecule has 2 amide bonds. The first-order valence-electron chi connectivity index (χ1n) is 13.3. The second-order valence-corrected chi connectivity index (χ2v) is 11.1. The van der Waals surface area contributed by atoms with Crippen LogP contribution in [0.2, 0.25) is 5.02 Å². The lowest BCUT2D eigenvalue weighted by Crippen LogP contribution is -2.59. The van der Waals surface area contributed by atoms with Crippen LogP contribution < -0.4 is 4.90 Å². The highest BCUT2D eigenvalue weighted by Gasteiger charge is 2.79. The Labute approximate surface area is 232 Å². The zero-order chi connectivity index (χ0) is 27.9. The first-order valence-corrected chi connectivity index (χ1v) is 13.7. The van der Waals surface area contributed by atoms with E-state index < -0.39 is 59.5 Å². The van der Waals surface area contributed by atoms with Gasteiger partial charge < -0.3 is 24.7 Å². The maximum Gasteiger partial charge on any atom is 0.310 e. The molecule has 9 heteroatoms. The van der Waals surface area contributed by atoms with Gasteiger partial charge in [-0.1, -0.05) is 54.9 Å². The number of anilines is 1. The van der Waals surface area contributed by atoms with Gasteiger partial charge in [-0.25, -0.2) is 0 Å². The number of rotatable bonds is 10. The van der Waals surface area contributed by atoms with Crippen LogP contribution in [0.3, 0.4) is 0 Å². The van der Waals surface area contributed by atoms with Crippen LogP contribution >= 0.6 is 11.6 Å². The number of nitrogens with zero attached hydrogens (tertiary/aromatic N) is 2. The number of hydrogen-bond donors (Lipinski definition) is 2. The van der Waals surface area contributed by atoms with E-state index in [2.05, 4.69) is 6.58 Å². The van der Waals surface area contributed by atoms with Gasteiger partial charge in [-0.05, 0) is 55.5 Å². The van der Waals surface area contributed by atoms with Gasteiger partial charge in [0.2, 0.25) is 5.91 Å². The summed E-state index contributed by atoms with van der Waals surface area (Å²) in [6, 6.07) is 14.3. The highest BCUT2D eigenvalue weighted by atomic mass is 35.5. The summed E-state index contributed by atoms with van der Waals surface area (Å²) in [5.74, 6) is -4.08. The number of benzene rings is 2. The van der Waals surface area contributed by atoms with Crippen LogP contribution in [0.1, 0.15) is 31.7 Å². The molecule has 3 aliphatic rings. The number of carbonyl (C=O) groups excluding carboxylic acids is 2. The van der Waals surface area contributed by atoms with Crippen molar-refractivity contribution in [1.82, 2.24) is 4.90 Å². The summed E-state index contributed by atoms with van der Waals surface area (Å²) >= 11 is 6.10. The molecule has 3 aliphatic heterocycles. The van der Waals surface area contributed by atoms with Crippen molar-refractivity contribution in [2.75, 3.05) is 18.1 Å². The SMILES string of the molecule is C=CCN(C(=O)C1N([C@@H](CO)Cc2ccccc2)C(=O)[C@@H]2[C@@H](C(=O)O)[C@@]3(CC)CCC12O3)c1ccc(Cl)cc1. The van der Waals surface area contributed by atoms with Crippen molar-refractivity contribution in [3.05, 3.63) is 77.8 Å². The van der Waals surface area contributed by atoms with Crippen molar-refractivity contribution in [2.45, 2.75) is 55.9 Å². The lowest BCUT2D eigenvalue weighted by atomic mass is 9.65. The number of halogens is 1. The van der Waals surface area contributed by atoms with E-state index in [-0.39, 0.29) is 6.54 Å². The summed E-state index contributed by atoms with van der Waals surface area (Å²) in [5, 5.41) is 21.4. The van der Waals surface area contributed by atoms with E-state index in [0.29, 0.717) is 36.4 Å². The Hall–Kier alpha value is -3.20. The van der Waals surface area contributed by atoms with E-state index in [1.165, 1.54) is 9.80 Å². The van der Waals surface area contributed by atoms with Gasteiger partial charge >= 0.3 is 5.97 Å². The second-order valence-electron chi connectivity index (χ2n) is 10.7. The Bertz CT molecular complexity index is 1270. The maximum atomic E-state index is 14.6. The summed E-state index contributed by atoms with van der Waals surface area (Å²) in [6.07, 6.45) is 3.12. The van der Waals surface area contributed by atoms with Crippen molar-refractivity contribution in [1.29, 1.82) is 0 Å². The van der Waals surface area contributed by atoms with E-state index in [9.17, 15) is 24.6 Å². The number of carbonyl (C=O) groups is 3. The third-order valence-electron chi connectivity index (χ3n) is 8.75. The maximum absolute atomic E-state index is 14.6. The molecule has 8 nitrogen and oxygen atoms in total. The van der Waals surface area contributed by atoms with Gasteiger partial charge in [-0.2, -0.15) is 0 Å². The normalized spacial score (nSPS) is 29.8. The summed E-state index contributed by atoms with van der Waals surface area (Å²) in [6.45, 7) is 5.44. The molecule has 2 N–H and O–H groups in total. The van der Waals surface area contributed by atoms with Gasteiger partial charge in [0.05, 0.1) is 24.2 Å². The smallest absolute Gasteiger partial charge is 0.310 e. The molecule has 0 saturated carbocycles. The highest BCUT2D eigenvalue weighted by molar-refractivity contribution is 6.30. The summed E-state index contributed by atoms with van der Waals surface area (Å²) in [4.78, 5) is 44.4.